The topological polar surface area (TPSA) is 32.3 Å². The lowest BCUT2D eigenvalue weighted by Crippen LogP contribution is -2.41. The molecule has 1 saturated carbocycles. The van der Waals surface area contributed by atoms with Crippen LogP contribution in [-0.4, -0.2) is 37.0 Å². The SMILES string of the molecule is CCNCC1CCN(C(=O)C2CC2c2ccc(F)cc2F)CC1. The summed E-state index contributed by atoms with van der Waals surface area (Å²) in [4.78, 5) is 14.5. The fourth-order valence-electron chi connectivity index (χ4n) is 3.55. The van der Waals surface area contributed by atoms with Gasteiger partial charge in [-0.2, -0.15) is 0 Å². The molecule has 126 valence electrons. The summed E-state index contributed by atoms with van der Waals surface area (Å²) >= 11 is 0. The maximum Gasteiger partial charge on any atom is 0.226 e. The molecule has 0 spiro atoms. The van der Waals surface area contributed by atoms with Crippen molar-refractivity contribution in [1.29, 1.82) is 0 Å². The normalized spacial score (nSPS) is 24.7. The highest BCUT2D eigenvalue weighted by Crippen LogP contribution is 2.49. The Morgan fingerprint density at radius 1 is 1.30 bits per heavy atom. The molecule has 1 amide bonds. The second-order valence-electron chi connectivity index (χ2n) is 6.69. The van der Waals surface area contributed by atoms with Gasteiger partial charge in [0.15, 0.2) is 0 Å². The number of piperidine rings is 1. The molecule has 2 aliphatic rings. The average Bonchev–Trinajstić information content (AvgIpc) is 3.33. The van der Waals surface area contributed by atoms with Gasteiger partial charge >= 0.3 is 0 Å². The van der Waals surface area contributed by atoms with E-state index in [1.54, 1.807) is 0 Å². The third-order valence-corrected chi connectivity index (χ3v) is 5.08. The number of benzene rings is 1. The summed E-state index contributed by atoms with van der Waals surface area (Å²) in [6, 6.07) is 3.65. The molecule has 0 radical (unpaired) electrons. The van der Waals surface area contributed by atoms with Crippen LogP contribution in [0.25, 0.3) is 0 Å². The van der Waals surface area contributed by atoms with Crippen LogP contribution in [0.5, 0.6) is 0 Å². The molecule has 2 atom stereocenters. The number of nitrogens with zero attached hydrogens (tertiary/aromatic N) is 1. The largest absolute Gasteiger partial charge is 0.342 e. The lowest BCUT2D eigenvalue weighted by atomic mass is 9.96. The Labute approximate surface area is 136 Å². The molecule has 1 heterocycles. The Bertz CT molecular complexity index is 570. The van der Waals surface area contributed by atoms with Crippen LogP contribution in [0, 0.1) is 23.5 Å². The zero-order valence-electron chi connectivity index (χ0n) is 13.5. The molecular weight excluding hydrogens is 298 g/mol. The third-order valence-electron chi connectivity index (χ3n) is 5.08. The maximum absolute atomic E-state index is 13.8. The van der Waals surface area contributed by atoms with E-state index in [9.17, 15) is 13.6 Å². The van der Waals surface area contributed by atoms with Crippen LogP contribution in [-0.2, 0) is 4.79 Å². The molecule has 1 aliphatic carbocycles. The monoisotopic (exact) mass is 322 g/mol. The molecule has 1 N–H and O–H groups in total. The summed E-state index contributed by atoms with van der Waals surface area (Å²) in [5.74, 6) is -0.529. The predicted octanol–water partition coefficient (Wildman–Crippen LogP) is 2.92. The van der Waals surface area contributed by atoms with E-state index in [0.717, 1.165) is 45.1 Å². The predicted molar refractivity (Wildman–Crippen MR) is 85.1 cm³/mol. The summed E-state index contributed by atoms with van der Waals surface area (Å²) in [7, 11) is 0. The molecule has 0 aromatic heterocycles. The van der Waals surface area contributed by atoms with Crippen molar-refractivity contribution in [3.8, 4) is 0 Å². The van der Waals surface area contributed by atoms with E-state index in [0.29, 0.717) is 17.9 Å². The fourth-order valence-corrected chi connectivity index (χ4v) is 3.55. The zero-order valence-corrected chi connectivity index (χ0v) is 13.5. The van der Waals surface area contributed by atoms with Gasteiger partial charge in [0.25, 0.3) is 0 Å². The molecule has 1 aromatic rings. The first kappa shape index (κ1) is 16.4. The number of halogens is 2. The molecule has 0 bridgehead atoms. The van der Waals surface area contributed by atoms with Crippen molar-refractivity contribution in [2.75, 3.05) is 26.2 Å². The van der Waals surface area contributed by atoms with Crippen LogP contribution in [0.3, 0.4) is 0 Å². The Kier molecular flexibility index (Phi) is 4.95. The fraction of sp³-hybridized carbons (Fsp3) is 0.611. The Balaban J connectivity index is 1.53. The highest BCUT2D eigenvalue weighted by molar-refractivity contribution is 5.83. The number of hydrogen-bond acceptors (Lipinski definition) is 2. The van der Waals surface area contributed by atoms with Crippen LogP contribution in [0.4, 0.5) is 8.78 Å². The van der Waals surface area contributed by atoms with Gasteiger partial charge in [0.2, 0.25) is 5.91 Å². The van der Waals surface area contributed by atoms with Gasteiger partial charge in [-0.15, -0.1) is 0 Å². The Hall–Kier alpha value is -1.49. The molecule has 2 unspecified atom stereocenters. The molecule has 1 aromatic carbocycles. The summed E-state index contributed by atoms with van der Waals surface area (Å²) < 4.78 is 26.8. The Morgan fingerprint density at radius 3 is 2.70 bits per heavy atom. The Morgan fingerprint density at radius 2 is 2.04 bits per heavy atom. The number of amides is 1. The van der Waals surface area contributed by atoms with Crippen LogP contribution in [0.2, 0.25) is 0 Å². The molecule has 3 nitrogen and oxygen atoms in total. The quantitative estimate of drug-likeness (QED) is 0.904. The minimum absolute atomic E-state index is 0.0809. The van der Waals surface area contributed by atoms with Gasteiger partial charge in [0.05, 0.1) is 0 Å². The molecule has 23 heavy (non-hydrogen) atoms. The summed E-state index contributed by atoms with van der Waals surface area (Å²) in [5.41, 5.74) is 0.479. The van der Waals surface area contributed by atoms with Crippen molar-refractivity contribution in [3.05, 3.63) is 35.4 Å². The molecule has 3 rings (SSSR count). The summed E-state index contributed by atoms with van der Waals surface area (Å²) in [6.07, 6.45) is 2.74. The van der Waals surface area contributed by atoms with Crippen molar-refractivity contribution in [2.24, 2.45) is 11.8 Å². The lowest BCUT2D eigenvalue weighted by Gasteiger charge is -2.32. The van der Waals surface area contributed by atoms with Gasteiger partial charge in [-0.3, -0.25) is 4.79 Å². The van der Waals surface area contributed by atoms with Crippen LogP contribution in [0.15, 0.2) is 18.2 Å². The minimum Gasteiger partial charge on any atom is -0.342 e. The highest BCUT2D eigenvalue weighted by Gasteiger charge is 2.47. The number of rotatable bonds is 5. The van der Waals surface area contributed by atoms with E-state index in [1.165, 1.54) is 12.1 Å². The number of carbonyl (C=O) groups excluding carboxylic acids is 1. The second kappa shape index (κ2) is 6.95. The van der Waals surface area contributed by atoms with Crippen molar-refractivity contribution in [1.82, 2.24) is 10.2 Å². The average molecular weight is 322 g/mol. The standard InChI is InChI=1S/C18H24F2N2O/c1-2-21-11-12-5-7-22(8-6-12)18(23)16-10-15(16)14-4-3-13(19)9-17(14)20/h3-4,9,12,15-16,21H,2,5-8,10-11H2,1H3. The van der Waals surface area contributed by atoms with Gasteiger partial charge in [0.1, 0.15) is 11.6 Å². The third kappa shape index (κ3) is 3.71. The highest BCUT2D eigenvalue weighted by atomic mass is 19.1. The zero-order chi connectivity index (χ0) is 16.4. The smallest absolute Gasteiger partial charge is 0.226 e. The lowest BCUT2D eigenvalue weighted by molar-refractivity contribution is -0.134. The van der Waals surface area contributed by atoms with E-state index < -0.39 is 11.6 Å². The van der Waals surface area contributed by atoms with Crippen LogP contribution in [0.1, 0.15) is 37.7 Å². The minimum atomic E-state index is -0.572. The van der Waals surface area contributed by atoms with Gasteiger partial charge in [-0.1, -0.05) is 13.0 Å². The summed E-state index contributed by atoms with van der Waals surface area (Å²) in [5, 5.41) is 3.36. The molecule has 2 fully saturated rings. The van der Waals surface area contributed by atoms with Crippen molar-refractivity contribution < 1.29 is 13.6 Å². The van der Waals surface area contributed by atoms with Crippen molar-refractivity contribution >= 4 is 5.91 Å². The van der Waals surface area contributed by atoms with Crippen LogP contribution >= 0.6 is 0 Å². The number of carbonyl (C=O) groups is 1. The van der Waals surface area contributed by atoms with Gasteiger partial charge in [0, 0.05) is 25.1 Å². The first-order valence-corrected chi connectivity index (χ1v) is 8.54. The first-order chi connectivity index (χ1) is 11.1. The molecular formula is C18H24F2N2O. The van der Waals surface area contributed by atoms with Gasteiger partial charge < -0.3 is 10.2 Å². The first-order valence-electron chi connectivity index (χ1n) is 8.54. The van der Waals surface area contributed by atoms with E-state index in [2.05, 4.69) is 12.2 Å². The van der Waals surface area contributed by atoms with E-state index in [4.69, 9.17) is 0 Å². The van der Waals surface area contributed by atoms with Crippen LogP contribution < -0.4 is 5.32 Å². The molecule has 5 heteroatoms. The maximum atomic E-state index is 13.8. The van der Waals surface area contributed by atoms with Crippen molar-refractivity contribution in [3.63, 3.8) is 0 Å². The number of hydrogen-bond donors (Lipinski definition) is 1. The van der Waals surface area contributed by atoms with Gasteiger partial charge in [-0.25, -0.2) is 8.78 Å². The van der Waals surface area contributed by atoms with Gasteiger partial charge in [-0.05, 0) is 55.8 Å². The summed E-state index contributed by atoms with van der Waals surface area (Å²) in [6.45, 7) is 5.69. The number of likely N-dealkylation sites (tertiary alicyclic amines) is 1. The van der Waals surface area contributed by atoms with E-state index in [-0.39, 0.29) is 17.7 Å². The number of nitrogens with one attached hydrogen (secondary N) is 1. The second-order valence-corrected chi connectivity index (χ2v) is 6.69. The molecule has 1 aliphatic heterocycles. The van der Waals surface area contributed by atoms with E-state index in [1.807, 2.05) is 4.90 Å². The molecule has 1 saturated heterocycles. The van der Waals surface area contributed by atoms with Crippen molar-refractivity contribution in [2.45, 2.75) is 32.1 Å². The van der Waals surface area contributed by atoms with E-state index >= 15 is 0 Å².